The molecule has 54 heavy (non-hydrogen) atoms. The van der Waals surface area contributed by atoms with Crippen LogP contribution in [0.5, 0.6) is 0 Å². The van der Waals surface area contributed by atoms with E-state index < -0.39 is 49.5 Å². The number of carbonyl (C=O) groups excluding carboxylic acids is 1. The van der Waals surface area contributed by atoms with E-state index in [4.69, 9.17) is 9.47 Å². The van der Waals surface area contributed by atoms with Crippen molar-refractivity contribution in [2.24, 2.45) is 0 Å². The highest BCUT2D eigenvalue weighted by Crippen LogP contribution is 2.22. The topological polar surface area (TPSA) is 149 Å². The number of nitrogens with one attached hydrogen (secondary N) is 1. The van der Waals surface area contributed by atoms with Crippen molar-refractivity contribution in [1.29, 1.82) is 0 Å². The Morgan fingerprint density at radius 3 is 1.56 bits per heavy atom. The van der Waals surface area contributed by atoms with Gasteiger partial charge in [0, 0.05) is 6.42 Å². The molecule has 318 valence electrons. The van der Waals surface area contributed by atoms with Crippen LogP contribution in [-0.4, -0.2) is 87.5 Å². The van der Waals surface area contributed by atoms with Crippen molar-refractivity contribution in [3.8, 4) is 0 Å². The molecule has 2 unspecified atom stereocenters. The minimum absolute atomic E-state index is 0.186. The number of carbonyl (C=O) groups is 1. The number of hydrogen-bond acceptors (Lipinski definition) is 8. The van der Waals surface area contributed by atoms with E-state index in [1.54, 1.807) is 6.08 Å². The molecular weight excluding hydrogens is 682 g/mol. The highest BCUT2D eigenvalue weighted by atomic mass is 16.7. The summed E-state index contributed by atoms with van der Waals surface area (Å²) >= 11 is 0. The maximum atomic E-state index is 12.9. The lowest BCUT2D eigenvalue weighted by Gasteiger charge is -2.40. The van der Waals surface area contributed by atoms with Crippen LogP contribution in [0.3, 0.4) is 0 Å². The largest absolute Gasteiger partial charge is 0.394 e. The third-order valence-corrected chi connectivity index (χ3v) is 10.8. The Bertz CT molecular complexity index is 899. The zero-order chi connectivity index (χ0) is 39.5. The van der Waals surface area contributed by atoms with E-state index in [1.165, 1.54) is 141 Å². The molecule has 0 radical (unpaired) electrons. The van der Waals surface area contributed by atoms with Crippen molar-refractivity contribution < 1.29 is 39.8 Å². The quantitative estimate of drug-likeness (QED) is 0.0271. The van der Waals surface area contributed by atoms with Gasteiger partial charge in [0.25, 0.3) is 0 Å². The van der Waals surface area contributed by atoms with Gasteiger partial charge >= 0.3 is 0 Å². The molecule has 0 aromatic rings. The van der Waals surface area contributed by atoms with Crippen molar-refractivity contribution >= 4 is 5.91 Å². The van der Waals surface area contributed by atoms with Gasteiger partial charge in [0.15, 0.2) is 6.29 Å². The standard InChI is InChI=1S/C45H85NO8/c1-3-5-7-9-11-13-15-16-17-18-19-20-21-22-23-24-25-27-29-31-33-35-41(49)46-38(37-53-45-44(52)43(51)42(50)40(36-47)54-45)39(48)34-32-30-28-26-14-12-10-8-6-4-2/h14,26,32,34,38-40,42-45,47-48,50-52H,3-13,15-25,27-31,33,35-37H2,1-2H3,(H,46,49)/b26-14+,34-32+/t38-,39+,40-,42-,43?,44?,45-/m0/s1. The second-order valence-corrected chi connectivity index (χ2v) is 15.8. The Morgan fingerprint density at radius 1 is 0.611 bits per heavy atom. The van der Waals surface area contributed by atoms with Crippen LogP contribution in [0.1, 0.15) is 200 Å². The normalized spacial score (nSPS) is 21.6. The Morgan fingerprint density at radius 2 is 1.06 bits per heavy atom. The number of rotatable bonds is 37. The van der Waals surface area contributed by atoms with Gasteiger partial charge in [-0.3, -0.25) is 4.79 Å². The van der Waals surface area contributed by atoms with Crippen LogP contribution in [0.2, 0.25) is 0 Å². The van der Waals surface area contributed by atoms with E-state index in [-0.39, 0.29) is 12.5 Å². The first-order valence-corrected chi connectivity index (χ1v) is 22.6. The summed E-state index contributed by atoms with van der Waals surface area (Å²) < 4.78 is 11.2. The number of hydrogen-bond donors (Lipinski definition) is 6. The summed E-state index contributed by atoms with van der Waals surface area (Å²) in [5, 5.41) is 54.0. The second kappa shape index (κ2) is 36.0. The maximum absolute atomic E-state index is 12.9. The van der Waals surface area contributed by atoms with Gasteiger partial charge in [-0.2, -0.15) is 0 Å². The average molecular weight is 768 g/mol. The van der Waals surface area contributed by atoms with E-state index in [0.717, 1.165) is 38.5 Å². The molecule has 9 heteroatoms. The lowest BCUT2D eigenvalue weighted by molar-refractivity contribution is -0.302. The molecule has 1 saturated heterocycles. The first kappa shape index (κ1) is 50.7. The smallest absolute Gasteiger partial charge is 0.220 e. The third kappa shape index (κ3) is 26.5. The molecule has 0 spiro atoms. The zero-order valence-corrected chi connectivity index (χ0v) is 34.7. The molecule has 1 amide bonds. The van der Waals surface area contributed by atoms with Gasteiger partial charge < -0.3 is 40.3 Å². The molecule has 9 nitrogen and oxygen atoms in total. The number of aliphatic hydroxyl groups excluding tert-OH is 5. The fraction of sp³-hybridized carbons (Fsp3) is 0.889. The molecule has 0 aromatic heterocycles. The Labute approximate surface area is 330 Å². The Hall–Kier alpha value is -1.33. The van der Waals surface area contributed by atoms with Gasteiger partial charge in [-0.25, -0.2) is 0 Å². The molecule has 7 atom stereocenters. The minimum Gasteiger partial charge on any atom is -0.394 e. The summed E-state index contributed by atoms with van der Waals surface area (Å²) in [6.07, 6.45) is 35.2. The minimum atomic E-state index is -1.57. The van der Waals surface area contributed by atoms with Gasteiger partial charge in [0.1, 0.15) is 24.4 Å². The third-order valence-electron chi connectivity index (χ3n) is 10.8. The van der Waals surface area contributed by atoms with Crippen LogP contribution in [0.25, 0.3) is 0 Å². The van der Waals surface area contributed by atoms with E-state index in [0.29, 0.717) is 6.42 Å². The van der Waals surface area contributed by atoms with Gasteiger partial charge in [0.05, 0.1) is 25.4 Å². The summed E-state index contributed by atoms with van der Waals surface area (Å²) in [5.41, 5.74) is 0. The van der Waals surface area contributed by atoms with Crippen LogP contribution in [0.15, 0.2) is 24.3 Å². The molecule has 0 aliphatic carbocycles. The number of allylic oxidation sites excluding steroid dienone is 3. The fourth-order valence-electron chi connectivity index (χ4n) is 7.11. The van der Waals surface area contributed by atoms with Gasteiger partial charge in [0.2, 0.25) is 5.91 Å². The van der Waals surface area contributed by atoms with Crippen LogP contribution in [0, 0.1) is 0 Å². The number of unbranched alkanes of at least 4 members (excludes halogenated alkanes) is 25. The van der Waals surface area contributed by atoms with Gasteiger partial charge in [-0.1, -0.05) is 186 Å². The van der Waals surface area contributed by atoms with E-state index >= 15 is 0 Å². The number of ether oxygens (including phenoxy) is 2. The van der Waals surface area contributed by atoms with Gasteiger partial charge in [-0.05, 0) is 32.1 Å². The first-order chi connectivity index (χ1) is 26.3. The summed E-state index contributed by atoms with van der Waals surface area (Å²) in [5.74, 6) is -0.186. The molecule has 1 heterocycles. The molecule has 0 bridgehead atoms. The molecule has 1 aliphatic heterocycles. The predicted octanol–water partition coefficient (Wildman–Crippen LogP) is 9.11. The van der Waals surface area contributed by atoms with E-state index in [2.05, 4.69) is 31.3 Å². The number of amides is 1. The SMILES string of the molecule is CCCCCC/C=C/CC/C=C/[C@@H](O)[C@H](CO[C@H]1O[C@@H](CO)[C@H](O)C(O)C1O)NC(=O)CCCCCCCCCCCCCCCCCCCCCCC. The summed E-state index contributed by atoms with van der Waals surface area (Å²) in [7, 11) is 0. The molecular formula is C45H85NO8. The Kier molecular flexibility index (Phi) is 33.8. The Balaban J connectivity index is 2.28. The summed E-state index contributed by atoms with van der Waals surface area (Å²) in [6, 6.07) is -0.815. The molecule has 1 aliphatic rings. The molecule has 0 saturated carbocycles. The van der Waals surface area contributed by atoms with Crippen LogP contribution >= 0.6 is 0 Å². The van der Waals surface area contributed by atoms with Crippen LogP contribution in [-0.2, 0) is 14.3 Å². The van der Waals surface area contributed by atoms with Crippen molar-refractivity contribution in [3.05, 3.63) is 24.3 Å². The van der Waals surface area contributed by atoms with Crippen molar-refractivity contribution in [1.82, 2.24) is 5.32 Å². The highest BCUT2D eigenvalue weighted by Gasteiger charge is 2.44. The van der Waals surface area contributed by atoms with Crippen molar-refractivity contribution in [2.75, 3.05) is 13.2 Å². The zero-order valence-electron chi connectivity index (χ0n) is 34.7. The fourth-order valence-corrected chi connectivity index (χ4v) is 7.11. The lowest BCUT2D eigenvalue weighted by Crippen LogP contribution is -2.60. The van der Waals surface area contributed by atoms with Crippen molar-refractivity contribution in [3.63, 3.8) is 0 Å². The van der Waals surface area contributed by atoms with Crippen molar-refractivity contribution in [2.45, 2.75) is 243 Å². The average Bonchev–Trinajstić information content (AvgIpc) is 3.17. The maximum Gasteiger partial charge on any atom is 0.220 e. The van der Waals surface area contributed by atoms with Gasteiger partial charge in [-0.15, -0.1) is 0 Å². The predicted molar refractivity (Wildman–Crippen MR) is 221 cm³/mol. The molecule has 6 N–H and O–H groups in total. The van der Waals surface area contributed by atoms with Crippen LogP contribution in [0.4, 0.5) is 0 Å². The van der Waals surface area contributed by atoms with E-state index in [9.17, 15) is 30.3 Å². The lowest BCUT2D eigenvalue weighted by atomic mass is 9.99. The first-order valence-electron chi connectivity index (χ1n) is 22.6. The number of aliphatic hydroxyl groups is 5. The highest BCUT2D eigenvalue weighted by molar-refractivity contribution is 5.76. The van der Waals surface area contributed by atoms with E-state index in [1.807, 2.05) is 6.08 Å². The monoisotopic (exact) mass is 768 g/mol. The summed E-state index contributed by atoms with van der Waals surface area (Å²) in [6.45, 7) is 3.72. The molecule has 1 rings (SSSR count). The van der Waals surface area contributed by atoms with Crippen LogP contribution < -0.4 is 5.32 Å². The summed E-state index contributed by atoms with van der Waals surface area (Å²) in [4.78, 5) is 12.9. The molecule has 1 fully saturated rings. The second-order valence-electron chi connectivity index (χ2n) is 15.8. The molecule has 0 aromatic carbocycles.